The number of halogens is 6. The van der Waals surface area contributed by atoms with Crippen molar-refractivity contribution in [3.8, 4) is 0 Å². The molecule has 0 spiro atoms. The Morgan fingerprint density at radius 3 is 1.68 bits per heavy atom. The molecule has 0 fully saturated rings. The number of thiophene rings is 1. The van der Waals surface area contributed by atoms with Gasteiger partial charge in [-0.2, -0.15) is 0 Å². The van der Waals surface area contributed by atoms with Gasteiger partial charge in [-0.25, -0.2) is 17.6 Å². The first-order chi connectivity index (χ1) is 11.9. The van der Waals surface area contributed by atoms with Crippen LogP contribution in [0.2, 0.25) is 0 Å². The molecule has 0 N–H and O–H groups in total. The van der Waals surface area contributed by atoms with Crippen LogP contribution in [0.1, 0.15) is 0 Å². The van der Waals surface area contributed by atoms with Gasteiger partial charge in [0.1, 0.15) is 10.9 Å². The molecule has 9 heteroatoms. The molecular weight excluding hydrogens is 524 g/mol. The monoisotopic (exact) mass is 527 g/mol. The third-order valence-electron chi connectivity index (χ3n) is 3.48. The summed E-state index contributed by atoms with van der Waals surface area (Å²) in [5, 5.41) is 1.85. The first kappa shape index (κ1) is 17.9. The van der Waals surface area contributed by atoms with Crippen molar-refractivity contribution < 1.29 is 17.6 Å². The van der Waals surface area contributed by atoms with Gasteiger partial charge >= 0.3 is 0 Å². The Morgan fingerprint density at radius 2 is 1.24 bits per heavy atom. The fourth-order valence-electron chi connectivity index (χ4n) is 2.38. The van der Waals surface area contributed by atoms with Crippen LogP contribution in [0.15, 0.2) is 62.4 Å². The third-order valence-corrected chi connectivity index (χ3v) is 11.4. The zero-order valence-corrected chi connectivity index (χ0v) is 17.5. The summed E-state index contributed by atoms with van der Waals surface area (Å²) in [7, 11) is -0.878. The molecule has 3 aromatic rings. The zero-order valence-electron chi connectivity index (χ0n) is 11.9. The minimum atomic E-state index is -0.966. The zero-order chi connectivity index (χ0) is 17.9. The van der Waals surface area contributed by atoms with Gasteiger partial charge in [0, 0.05) is 22.0 Å². The molecule has 0 aliphatic carbocycles. The number of fused-ring (bicyclic) bond motifs is 2. The van der Waals surface area contributed by atoms with Crippen molar-refractivity contribution in [3.63, 3.8) is 0 Å². The average molecular weight is 529 g/mol. The molecule has 2 heterocycles. The highest BCUT2D eigenvalue weighted by atomic mass is 79.9. The first-order valence-corrected chi connectivity index (χ1v) is 11.2. The van der Waals surface area contributed by atoms with Crippen LogP contribution in [0, 0.1) is 23.3 Å². The third kappa shape index (κ3) is 2.97. The van der Waals surface area contributed by atoms with Crippen LogP contribution in [0.3, 0.4) is 0 Å². The Labute approximate surface area is 168 Å². The summed E-state index contributed by atoms with van der Waals surface area (Å²) in [5.41, 5.74) is 0. The van der Waals surface area contributed by atoms with Gasteiger partial charge in [0.05, 0.1) is 14.3 Å². The van der Waals surface area contributed by atoms with Gasteiger partial charge in [-0.05, 0) is 44.0 Å². The van der Waals surface area contributed by atoms with Gasteiger partial charge in [0.25, 0.3) is 0 Å². The quantitative estimate of drug-likeness (QED) is 0.183. The van der Waals surface area contributed by atoms with E-state index in [1.807, 2.05) is 5.38 Å². The van der Waals surface area contributed by atoms with E-state index in [4.69, 9.17) is 0 Å². The lowest BCUT2D eigenvalue weighted by atomic mass is 10.3. The van der Waals surface area contributed by atoms with Crippen LogP contribution < -0.4 is 0 Å². The predicted octanol–water partition coefficient (Wildman–Crippen LogP) is 7.39. The SMILES string of the molecule is Fc1cc2c(cc1F)[S+](c1scc(Br)c1Br)c1cc(F)c(F)cc1S2. The molecule has 0 unspecified atom stereocenters. The standard InChI is InChI=1S/C16H5Br2F4S3/c17-6-5-23-16(15(6)18)25-13-3-9(21)7(19)1-11(13)24-12-2-8(20)10(22)4-14(12)25/h1-5H/q+1. The molecule has 1 aromatic heterocycles. The second-order valence-electron chi connectivity index (χ2n) is 5.02. The van der Waals surface area contributed by atoms with E-state index in [2.05, 4.69) is 31.9 Å². The van der Waals surface area contributed by atoms with E-state index in [0.717, 1.165) is 49.2 Å². The van der Waals surface area contributed by atoms with Gasteiger partial charge in [-0.1, -0.05) is 23.1 Å². The van der Waals surface area contributed by atoms with E-state index in [1.54, 1.807) is 0 Å². The molecule has 0 amide bonds. The highest BCUT2D eigenvalue weighted by Gasteiger charge is 2.43. The maximum Gasteiger partial charge on any atom is 0.235 e. The largest absolute Gasteiger partial charge is 0.235 e. The van der Waals surface area contributed by atoms with Crippen LogP contribution >= 0.6 is 55.0 Å². The number of hydrogen-bond donors (Lipinski definition) is 0. The van der Waals surface area contributed by atoms with Crippen LogP contribution in [0.5, 0.6) is 0 Å². The highest BCUT2D eigenvalue weighted by Crippen LogP contribution is 2.52. The minimum absolute atomic E-state index is 0.497. The molecule has 0 saturated carbocycles. The minimum Gasteiger partial charge on any atom is -0.204 e. The summed E-state index contributed by atoms with van der Waals surface area (Å²) < 4.78 is 57.6. The topological polar surface area (TPSA) is 0 Å². The summed E-state index contributed by atoms with van der Waals surface area (Å²) in [5.74, 6) is -3.86. The van der Waals surface area contributed by atoms with Gasteiger partial charge < -0.3 is 0 Å². The molecule has 1 aliphatic heterocycles. The molecule has 25 heavy (non-hydrogen) atoms. The first-order valence-electron chi connectivity index (χ1n) is 6.69. The Morgan fingerprint density at radius 1 is 0.760 bits per heavy atom. The Bertz CT molecular complexity index is 962. The van der Waals surface area contributed by atoms with Crippen molar-refractivity contribution in [1.29, 1.82) is 0 Å². The molecule has 2 aromatic carbocycles. The molecule has 1 aliphatic rings. The summed E-state index contributed by atoms with van der Waals surface area (Å²) in [4.78, 5) is 2.10. The molecule has 0 saturated heterocycles. The summed E-state index contributed by atoms with van der Waals surface area (Å²) >= 11 is 9.41. The van der Waals surface area contributed by atoms with E-state index in [-0.39, 0.29) is 0 Å². The maximum absolute atomic E-state index is 13.9. The van der Waals surface area contributed by atoms with Gasteiger partial charge in [-0.15, -0.1) is 0 Å². The molecule has 0 atom stereocenters. The Hall–Kier alpha value is -0.480. The van der Waals surface area contributed by atoms with E-state index >= 15 is 0 Å². The molecule has 0 nitrogen and oxygen atoms in total. The van der Waals surface area contributed by atoms with Crippen molar-refractivity contribution in [2.75, 3.05) is 0 Å². The number of benzene rings is 2. The van der Waals surface area contributed by atoms with Crippen molar-refractivity contribution in [2.45, 2.75) is 23.8 Å². The number of rotatable bonds is 1. The van der Waals surface area contributed by atoms with E-state index in [0.29, 0.717) is 19.6 Å². The lowest BCUT2D eigenvalue weighted by Crippen LogP contribution is -2.12. The maximum atomic E-state index is 13.9. The Balaban J connectivity index is 2.03. The van der Waals surface area contributed by atoms with Gasteiger partial charge in [-0.3, -0.25) is 0 Å². The average Bonchev–Trinajstić information content (AvgIpc) is 2.88. The van der Waals surface area contributed by atoms with Crippen LogP contribution in [-0.4, -0.2) is 0 Å². The lowest BCUT2D eigenvalue weighted by molar-refractivity contribution is 0.499. The van der Waals surface area contributed by atoms with Crippen LogP contribution in [0.4, 0.5) is 17.6 Å². The van der Waals surface area contributed by atoms with Crippen LogP contribution in [-0.2, 0) is 10.9 Å². The van der Waals surface area contributed by atoms with Crippen molar-refractivity contribution in [2.24, 2.45) is 0 Å². The molecular formula is C16H5Br2F4S3+. The fraction of sp³-hybridized carbons (Fsp3) is 0. The summed E-state index contributed by atoms with van der Waals surface area (Å²) in [6.45, 7) is 0. The fourth-order valence-corrected chi connectivity index (χ4v) is 9.28. The van der Waals surface area contributed by atoms with Gasteiger partial charge in [0.15, 0.2) is 33.1 Å². The van der Waals surface area contributed by atoms with Crippen molar-refractivity contribution in [1.82, 2.24) is 0 Å². The second kappa shape index (κ2) is 6.60. The molecule has 0 bridgehead atoms. The second-order valence-corrected chi connectivity index (χ2v) is 10.8. The van der Waals surface area contributed by atoms with Crippen molar-refractivity contribution >= 4 is 65.9 Å². The van der Waals surface area contributed by atoms with E-state index < -0.39 is 34.2 Å². The number of hydrogen-bond acceptors (Lipinski definition) is 2. The van der Waals surface area contributed by atoms with E-state index in [1.165, 1.54) is 11.3 Å². The highest BCUT2D eigenvalue weighted by molar-refractivity contribution is 9.13. The Kier molecular flexibility index (Phi) is 4.73. The summed E-state index contributed by atoms with van der Waals surface area (Å²) in [6, 6.07) is 4.50. The predicted molar refractivity (Wildman–Crippen MR) is 98.7 cm³/mol. The van der Waals surface area contributed by atoms with E-state index in [9.17, 15) is 17.6 Å². The normalized spacial score (nSPS) is 13.7. The summed E-state index contributed by atoms with van der Waals surface area (Å²) in [6.07, 6.45) is 0. The molecule has 128 valence electrons. The molecule has 0 radical (unpaired) electrons. The van der Waals surface area contributed by atoms with Crippen LogP contribution in [0.25, 0.3) is 0 Å². The molecule has 4 rings (SSSR count). The van der Waals surface area contributed by atoms with Crippen molar-refractivity contribution in [3.05, 3.63) is 61.9 Å². The van der Waals surface area contributed by atoms with Gasteiger partial charge in [0.2, 0.25) is 4.21 Å². The smallest absolute Gasteiger partial charge is 0.204 e. The lowest BCUT2D eigenvalue weighted by Gasteiger charge is -2.19.